The third kappa shape index (κ3) is 4.80. The fraction of sp³-hybridized carbons (Fsp3) is 0.478. The van der Waals surface area contributed by atoms with Crippen LogP contribution in [0.2, 0.25) is 0 Å². The summed E-state index contributed by atoms with van der Waals surface area (Å²) in [6.45, 7) is 3.39. The van der Waals surface area contributed by atoms with Crippen molar-refractivity contribution in [3.63, 3.8) is 0 Å². The van der Waals surface area contributed by atoms with Gasteiger partial charge in [-0.25, -0.2) is 4.79 Å². The molecule has 1 aromatic carbocycles. The minimum Gasteiger partial charge on any atom is -0.497 e. The molecule has 0 amide bonds. The topological polar surface area (TPSA) is 54.0 Å². The molecule has 0 bridgehead atoms. The minimum atomic E-state index is -0.271. The van der Waals surface area contributed by atoms with Gasteiger partial charge < -0.3 is 24.6 Å². The Balaban J connectivity index is 1.44. The monoisotopic (exact) mass is 459 g/mol. The number of nitrogens with one attached hydrogen (secondary N) is 1. The fourth-order valence-electron chi connectivity index (χ4n) is 4.30. The van der Waals surface area contributed by atoms with Gasteiger partial charge in [0.05, 0.1) is 19.8 Å². The number of thiophene rings is 1. The maximum atomic E-state index is 12.6. The summed E-state index contributed by atoms with van der Waals surface area (Å²) in [5.74, 6) is 0.595. The minimum absolute atomic E-state index is 0.271. The van der Waals surface area contributed by atoms with Gasteiger partial charge in [0, 0.05) is 42.8 Å². The molecule has 0 atom stereocenters. The normalized spacial score (nSPS) is 16.3. The molecular weight excluding hydrogens is 430 g/mol. The molecule has 1 aromatic heterocycles. The van der Waals surface area contributed by atoms with Crippen molar-refractivity contribution >= 4 is 45.3 Å². The molecule has 0 saturated carbocycles. The summed E-state index contributed by atoms with van der Waals surface area (Å²) in [6, 6.07) is 8.14. The van der Waals surface area contributed by atoms with Crippen molar-refractivity contribution in [2.24, 2.45) is 0 Å². The van der Waals surface area contributed by atoms with E-state index in [9.17, 15) is 4.79 Å². The maximum absolute atomic E-state index is 12.6. The van der Waals surface area contributed by atoms with Gasteiger partial charge in [-0.05, 0) is 55.6 Å². The van der Waals surface area contributed by atoms with Crippen LogP contribution in [0.3, 0.4) is 0 Å². The van der Waals surface area contributed by atoms with E-state index in [1.165, 1.54) is 24.8 Å². The van der Waals surface area contributed by atoms with E-state index in [0.29, 0.717) is 10.7 Å². The second-order valence-electron chi connectivity index (χ2n) is 7.87. The molecule has 8 heteroatoms. The predicted octanol–water partition coefficient (Wildman–Crippen LogP) is 4.33. The number of methoxy groups -OCH3 is 2. The molecule has 1 aliphatic carbocycles. The number of aryl methyl sites for hydroxylation is 1. The summed E-state index contributed by atoms with van der Waals surface area (Å²) in [6.07, 6.45) is 5.45. The number of nitrogens with zero attached hydrogens (tertiary/aromatic N) is 2. The van der Waals surface area contributed by atoms with Gasteiger partial charge in [0.25, 0.3) is 0 Å². The number of rotatable bonds is 4. The number of esters is 1. The molecule has 2 heterocycles. The Hall–Kier alpha value is -2.32. The summed E-state index contributed by atoms with van der Waals surface area (Å²) < 4.78 is 10.5. The number of fused-ring (bicyclic) bond motifs is 1. The Morgan fingerprint density at radius 3 is 2.61 bits per heavy atom. The zero-order chi connectivity index (χ0) is 21.8. The van der Waals surface area contributed by atoms with Crippen LogP contribution >= 0.6 is 23.6 Å². The largest absolute Gasteiger partial charge is 0.497 e. The molecule has 6 nitrogen and oxygen atoms in total. The number of ether oxygens (including phenoxy) is 2. The highest BCUT2D eigenvalue weighted by atomic mass is 32.1. The second-order valence-corrected chi connectivity index (χ2v) is 9.36. The van der Waals surface area contributed by atoms with Gasteiger partial charge in [0.2, 0.25) is 0 Å². The number of piperazine rings is 1. The van der Waals surface area contributed by atoms with Gasteiger partial charge >= 0.3 is 5.97 Å². The van der Waals surface area contributed by atoms with Crippen molar-refractivity contribution < 1.29 is 14.3 Å². The van der Waals surface area contributed by atoms with E-state index in [0.717, 1.165) is 67.4 Å². The quantitative estimate of drug-likeness (QED) is 0.415. The number of anilines is 2. The highest BCUT2D eigenvalue weighted by Crippen LogP contribution is 2.38. The molecule has 2 aromatic rings. The van der Waals surface area contributed by atoms with E-state index >= 15 is 0 Å². The highest BCUT2D eigenvalue weighted by molar-refractivity contribution is 7.80. The van der Waals surface area contributed by atoms with Crippen LogP contribution in [0.25, 0.3) is 0 Å². The Labute approximate surface area is 193 Å². The fourth-order valence-corrected chi connectivity index (χ4v) is 5.93. The van der Waals surface area contributed by atoms with E-state index in [4.69, 9.17) is 21.7 Å². The van der Waals surface area contributed by atoms with Crippen molar-refractivity contribution in [3.05, 3.63) is 40.3 Å². The van der Waals surface area contributed by atoms with Crippen LogP contribution < -0.4 is 15.0 Å². The van der Waals surface area contributed by atoms with Crippen LogP contribution in [0.1, 0.15) is 40.1 Å². The third-order valence-corrected chi connectivity index (χ3v) is 7.58. The highest BCUT2D eigenvalue weighted by Gasteiger charge is 2.27. The first-order chi connectivity index (χ1) is 15.1. The van der Waals surface area contributed by atoms with Crippen molar-refractivity contribution in [1.29, 1.82) is 0 Å². The van der Waals surface area contributed by atoms with Gasteiger partial charge in [-0.15, -0.1) is 11.3 Å². The molecule has 4 rings (SSSR count). The molecular formula is C23H29N3O3S2. The van der Waals surface area contributed by atoms with Crippen LogP contribution in [0.4, 0.5) is 10.7 Å². The molecule has 1 fully saturated rings. The van der Waals surface area contributed by atoms with Crippen LogP contribution in [0, 0.1) is 0 Å². The van der Waals surface area contributed by atoms with Crippen LogP contribution in [-0.2, 0) is 17.6 Å². The first-order valence-corrected chi connectivity index (χ1v) is 12.0. The summed E-state index contributed by atoms with van der Waals surface area (Å²) in [5.41, 5.74) is 3.00. The van der Waals surface area contributed by atoms with E-state index in [-0.39, 0.29) is 5.97 Å². The maximum Gasteiger partial charge on any atom is 0.341 e. The third-order valence-electron chi connectivity index (χ3n) is 6.02. The van der Waals surface area contributed by atoms with Crippen molar-refractivity contribution in [3.8, 4) is 5.75 Å². The Kier molecular flexibility index (Phi) is 6.97. The number of hydrogen-bond acceptors (Lipinski definition) is 6. The lowest BCUT2D eigenvalue weighted by Gasteiger charge is -2.37. The Morgan fingerprint density at radius 1 is 1.10 bits per heavy atom. The molecule has 0 radical (unpaired) electrons. The van der Waals surface area contributed by atoms with Crippen molar-refractivity contribution in [2.45, 2.75) is 32.1 Å². The summed E-state index contributed by atoms with van der Waals surface area (Å²) in [4.78, 5) is 18.4. The van der Waals surface area contributed by atoms with E-state index in [1.54, 1.807) is 18.4 Å². The first-order valence-electron chi connectivity index (χ1n) is 10.8. The zero-order valence-corrected chi connectivity index (χ0v) is 19.7. The summed E-state index contributed by atoms with van der Waals surface area (Å²) in [5, 5.41) is 4.89. The Morgan fingerprint density at radius 2 is 1.87 bits per heavy atom. The lowest BCUT2D eigenvalue weighted by atomic mass is 10.1. The SMILES string of the molecule is COC(=O)c1c(NC(=S)N2CCN(c3cccc(OC)c3)CC2)sc2c1CCCCC2. The summed E-state index contributed by atoms with van der Waals surface area (Å²) >= 11 is 7.39. The van der Waals surface area contributed by atoms with Crippen LogP contribution in [-0.4, -0.2) is 56.4 Å². The molecule has 1 N–H and O–H groups in total. The molecule has 1 saturated heterocycles. The smallest absolute Gasteiger partial charge is 0.341 e. The first kappa shape index (κ1) is 21.9. The van der Waals surface area contributed by atoms with Crippen molar-refractivity contribution in [2.75, 3.05) is 50.6 Å². The lowest BCUT2D eigenvalue weighted by Crippen LogP contribution is -2.50. The average molecular weight is 460 g/mol. The molecule has 0 unspecified atom stereocenters. The van der Waals surface area contributed by atoms with Gasteiger partial charge in [0.15, 0.2) is 5.11 Å². The average Bonchev–Trinajstić information content (AvgIpc) is 2.98. The molecule has 2 aliphatic rings. The number of hydrogen-bond donors (Lipinski definition) is 1. The van der Waals surface area contributed by atoms with Gasteiger partial charge in [0.1, 0.15) is 10.8 Å². The standard InChI is InChI=1S/C23H29N3O3S2/c1-28-17-8-6-7-16(15-17)25-11-13-26(14-12-25)23(30)24-21-20(22(27)29-2)18-9-4-3-5-10-19(18)31-21/h6-8,15H,3-5,9-14H2,1-2H3,(H,24,30). The zero-order valence-electron chi connectivity index (χ0n) is 18.1. The van der Waals surface area contributed by atoms with E-state index < -0.39 is 0 Å². The molecule has 31 heavy (non-hydrogen) atoms. The van der Waals surface area contributed by atoms with E-state index in [2.05, 4.69) is 27.2 Å². The van der Waals surface area contributed by atoms with Crippen molar-refractivity contribution in [1.82, 2.24) is 4.90 Å². The molecule has 166 valence electrons. The second kappa shape index (κ2) is 9.87. The lowest BCUT2D eigenvalue weighted by molar-refractivity contribution is 0.0601. The van der Waals surface area contributed by atoms with Gasteiger partial charge in [-0.1, -0.05) is 12.5 Å². The number of benzene rings is 1. The van der Waals surface area contributed by atoms with Gasteiger partial charge in [-0.2, -0.15) is 0 Å². The number of thiocarbonyl (C=S) groups is 1. The molecule has 0 spiro atoms. The van der Waals surface area contributed by atoms with Gasteiger partial charge in [-0.3, -0.25) is 0 Å². The Bertz CT molecular complexity index is 952. The summed E-state index contributed by atoms with van der Waals surface area (Å²) in [7, 11) is 3.14. The predicted molar refractivity (Wildman–Crippen MR) is 130 cm³/mol. The van der Waals surface area contributed by atoms with Crippen LogP contribution in [0.15, 0.2) is 24.3 Å². The molecule has 1 aliphatic heterocycles. The van der Waals surface area contributed by atoms with Crippen LogP contribution in [0.5, 0.6) is 5.75 Å². The number of carbonyl (C=O) groups excluding carboxylic acids is 1. The van der Waals surface area contributed by atoms with E-state index in [1.807, 2.05) is 12.1 Å². The number of carbonyl (C=O) groups is 1.